The molecule has 0 amide bonds. The first kappa shape index (κ1) is 42.7. The molecular formula is C56H54N2O2. The van der Waals surface area contributed by atoms with Crippen LogP contribution in [0.4, 0.5) is 11.4 Å². The molecule has 0 saturated heterocycles. The van der Waals surface area contributed by atoms with Crippen LogP contribution in [0.2, 0.25) is 0 Å². The van der Waals surface area contributed by atoms with Crippen LogP contribution in [0.1, 0.15) is 83.1 Å². The van der Waals surface area contributed by atoms with E-state index in [0.29, 0.717) is 26.2 Å². The topological polar surface area (TPSA) is 24.9 Å². The molecule has 1 aliphatic carbocycles. The molecule has 3 aromatic rings. The highest BCUT2D eigenvalue weighted by molar-refractivity contribution is 5.88. The first-order valence-corrected chi connectivity index (χ1v) is 20.5. The van der Waals surface area contributed by atoms with Gasteiger partial charge in [0.1, 0.15) is 23.4 Å². The maximum Gasteiger partial charge on any atom is 0.136 e. The molecule has 3 aliphatic rings. The van der Waals surface area contributed by atoms with Gasteiger partial charge in [-0.2, -0.15) is 0 Å². The van der Waals surface area contributed by atoms with Crippen molar-refractivity contribution in [3.8, 4) is 73.2 Å². The van der Waals surface area contributed by atoms with Crippen LogP contribution in [-0.4, -0.2) is 32.3 Å². The summed E-state index contributed by atoms with van der Waals surface area (Å²) in [6.07, 6.45) is 44.8. The van der Waals surface area contributed by atoms with Crippen LogP contribution in [0.3, 0.4) is 0 Å². The van der Waals surface area contributed by atoms with Gasteiger partial charge >= 0.3 is 0 Å². The van der Waals surface area contributed by atoms with Crippen LogP contribution in [0, 0.1) is 72.5 Å². The van der Waals surface area contributed by atoms with Gasteiger partial charge in [-0.15, -0.1) is 32.1 Å². The highest BCUT2D eigenvalue weighted by atomic mass is 16.5. The Labute approximate surface area is 359 Å². The van der Waals surface area contributed by atoms with E-state index in [-0.39, 0.29) is 16.9 Å². The molecule has 2 aliphatic heterocycles. The van der Waals surface area contributed by atoms with Crippen LogP contribution in [-0.2, 0) is 0 Å². The van der Waals surface area contributed by atoms with Gasteiger partial charge in [0.25, 0.3) is 0 Å². The Morgan fingerprint density at radius 1 is 0.700 bits per heavy atom. The van der Waals surface area contributed by atoms with Crippen molar-refractivity contribution in [2.45, 2.75) is 66.9 Å². The second kappa shape index (κ2) is 18.4. The summed E-state index contributed by atoms with van der Waals surface area (Å²) in [5.41, 5.74) is 11.4. The Kier molecular flexibility index (Phi) is 13.1. The first-order valence-electron chi connectivity index (χ1n) is 20.5. The summed E-state index contributed by atoms with van der Waals surface area (Å²) >= 11 is 0. The van der Waals surface area contributed by atoms with Crippen LogP contribution < -0.4 is 19.3 Å². The number of fused-ring (bicyclic) bond motifs is 2. The van der Waals surface area contributed by atoms with Gasteiger partial charge in [-0.3, -0.25) is 0 Å². The molecule has 300 valence electrons. The lowest BCUT2D eigenvalue weighted by atomic mass is 9.81. The molecule has 1 unspecified atom stereocenters. The molecule has 0 spiro atoms. The summed E-state index contributed by atoms with van der Waals surface area (Å²) < 4.78 is 13.2. The summed E-state index contributed by atoms with van der Waals surface area (Å²) in [4.78, 5) is 4.00. The van der Waals surface area contributed by atoms with Crippen LogP contribution >= 0.6 is 0 Å². The monoisotopic (exact) mass is 786 g/mol. The van der Waals surface area contributed by atoms with Crippen molar-refractivity contribution < 1.29 is 9.47 Å². The number of hydrogen-bond acceptors (Lipinski definition) is 4. The molecule has 60 heavy (non-hydrogen) atoms. The van der Waals surface area contributed by atoms with E-state index in [1.165, 1.54) is 16.7 Å². The fraction of sp³-hybridized carbons (Fsp3) is 0.286. The quantitative estimate of drug-likeness (QED) is 0.191. The third kappa shape index (κ3) is 9.68. The molecule has 4 heteroatoms. The summed E-state index contributed by atoms with van der Waals surface area (Å²) in [6.45, 7) is 14.7. The second-order valence-corrected chi connectivity index (χ2v) is 17.4. The fourth-order valence-electron chi connectivity index (χ4n) is 7.61. The lowest BCUT2D eigenvalue weighted by molar-refractivity contribution is 0.126. The normalized spacial score (nSPS) is 17.4. The van der Waals surface area contributed by atoms with Crippen molar-refractivity contribution in [3.63, 3.8) is 0 Å². The molecule has 0 aromatic heterocycles. The Balaban J connectivity index is 1.46. The average Bonchev–Trinajstić information content (AvgIpc) is 3.23. The van der Waals surface area contributed by atoms with Crippen LogP contribution in [0.15, 0.2) is 114 Å². The smallest absolute Gasteiger partial charge is 0.136 e. The van der Waals surface area contributed by atoms with Gasteiger partial charge in [0, 0.05) is 51.0 Å². The van der Waals surface area contributed by atoms with E-state index in [4.69, 9.17) is 41.6 Å². The van der Waals surface area contributed by atoms with Gasteiger partial charge in [0.05, 0.1) is 26.2 Å². The lowest BCUT2D eigenvalue weighted by Crippen LogP contribution is -2.32. The third-order valence-electron chi connectivity index (χ3n) is 10.9. The van der Waals surface area contributed by atoms with E-state index in [0.717, 1.165) is 81.3 Å². The van der Waals surface area contributed by atoms with E-state index >= 15 is 0 Å². The predicted molar refractivity (Wildman–Crippen MR) is 253 cm³/mol. The van der Waals surface area contributed by atoms with Crippen molar-refractivity contribution in [2.75, 3.05) is 36.0 Å². The Morgan fingerprint density at radius 2 is 1.30 bits per heavy atom. The Morgan fingerprint density at radius 3 is 1.87 bits per heavy atom. The number of nitrogens with zero attached hydrogens (tertiary/aromatic N) is 2. The van der Waals surface area contributed by atoms with Gasteiger partial charge in [0.15, 0.2) is 0 Å². The lowest BCUT2D eigenvalue weighted by Gasteiger charge is -2.34. The van der Waals surface area contributed by atoms with Crippen molar-refractivity contribution >= 4 is 28.1 Å². The molecule has 2 heterocycles. The number of rotatable bonds is 10. The van der Waals surface area contributed by atoms with Crippen LogP contribution in [0.5, 0.6) is 11.5 Å². The standard InChI is InChI=1S/C56H54N2O2/c1-12-32-57(33-13-2)46-28-30-48-44(36-52(55(6,7)8)59-50(48)38-46)26-24-41-18-17-19-42(54(41)43-22-20-40(16-5)21-23-43)25-27-45-37-53(56(9,10)11)60-51-39-47(29-31-49(45)51)58(34-14-3)35-15-4/h1-5,20-31,36-39,52H,17-19,32-35H2,6-11H3/b26-24+,42-25+,45-27+. The van der Waals surface area contributed by atoms with Gasteiger partial charge in [-0.25, -0.2) is 0 Å². The average molecular weight is 787 g/mol. The number of hydrogen-bond donors (Lipinski definition) is 0. The van der Waals surface area contributed by atoms with Crippen molar-refractivity contribution in [1.29, 1.82) is 0 Å². The van der Waals surface area contributed by atoms with Crippen molar-refractivity contribution in [2.24, 2.45) is 10.8 Å². The Bertz CT molecular complexity index is 2510. The predicted octanol–water partition coefficient (Wildman–Crippen LogP) is 11.5. The third-order valence-corrected chi connectivity index (χ3v) is 10.9. The molecule has 1 atom stereocenters. The second-order valence-electron chi connectivity index (χ2n) is 17.4. The summed E-state index contributed by atoms with van der Waals surface area (Å²) in [5, 5.41) is 0. The largest absolute Gasteiger partial charge is 0.485 e. The van der Waals surface area contributed by atoms with E-state index in [2.05, 4.69) is 150 Å². The highest BCUT2D eigenvalue weighted by Crippen LogP contribution is 2.44. The number of anilines is 2. The van der Waals surface area contributed by atoms with Gasteiger partial charge in [-0.05, 0) is 101 Å². The summed E-state index contributed by atoms with van der Waals surface area (Å²) in [7, 11) is 0. The first-order chi connectivity index (χ1) is 28.8. The molecule has 4 nitrogen and oxygen atoms in total. The number of allylic oxidation sites excluding steroid dienone is 11. The minimum absolute atomic E-state index is 0.143. The van der Waals surface area contributed by atoms with Crippen molar-refractivity contribution in [1.82, 2.24) is 0 Å². The SMILES string of the molecule is C#CCN(CC#C)c1ccc2c(c1)OC(C(C)(C)C)C=C2/C=C/C1=C(c2ccc(C#C)cc2)C(=C/C=C2\C=C(C(C)(C)C)Oc3cc(N(CC#C)CC#C)ccc32)/CCC1. The van der Waals surface area contributed by atoms with E-state index in [9.17, 15) is 0 Å². The summed E-state index contributed by atoms with van der Waals surface area (Å²) in [6, 6.07) is 20.8. The molecule has 0 bridgehead atoms. The van der Waals surface area contributed by atoms with Gasteiger partial charge < -0.3 is 19.3 Å². The van der Waals surface area contributed by atoms with E-state index in [1.54, 1.807) is 0 Å². The fourth-order valence-corrected chi connectivity index (χ4v) is 7.61. The maximum atomic E-state index is 6.66. The zero-order valence-electron chi connectivity index (χ0n) is 35.9. The number of benzene rings is 3. The van der Waals surface area contributed by atoms with E-state index in [1.807, 2.05) is 28.0 Å². The number of ether oxygens (including phenoxy) is 2. The molecule has 3 aromatic carbocycles. The minimum atomic E-state index is -0.225. The molecule has 0 radical (unpaired) electrons. The molecule has 0 fully saturated rings. The van der Waals surface area contributed by atoms with Gasteiger partial charge in [0.2, 0.25) is 0 Å². The zero-order valence-corrected chi connectivity index (χ0v) is 35.9. The molecular weight excluding hydrogens is 733 g/mol. The molecule has 0 saturated carbocycles. The van der Waals surface area contributed by atoms with Gasteiger partial charge in [-0.1, -0.05) is 108 Å². The highest BCUT2D eigenvalue weighted by Gasteiger charge is 2.31. The van der Waals surface area contributed by atoms with E-state index < -0.39 is 0 Å². The molecule has 6 rings (SSSR count). The maximum absolute atomic E-state index is 6.66. The summed E-state index contributed by atoms with van der Waals surface area (Å²) in [5.74, 6) is 16.2. The number of terminal acetylenes is 5. The van der Waals surface area contributed by atoms with Crippen molar-refractivity contribution in [3.05, 3.63) is 136 Å². The molecule has 0 N–H and O–H groups in total. The van der Waals surface area contributed by atoms with Crippen LogP contribution in [0.25, 0.3) is 16.7 Å². The zero-order chi connectivity index (χ0) is 43.0. The Hall–Kier alpha value is -6.90. The minimum Gasteiger partial charge on any atom is -0.485 e.